The van der Waals surface area contributed by atoms with E-state index in [2.05, 4.69) is 20.3 Å². The maximum atomic E-state index is 5.16. The number of rotatable bonds is 4. The fourth-order valence-electron chi connectivity index (χ4n) is 2.24. The third kappa shape index (κ3) is 2.77. The number of hydrogen-bond acceptors (Lipinski definition) is 6. The van der Waals surface area contributed by atoms with Crippen LogP contribution in [-0.2, 0) is 0 Å². The van der Waals surface area contributed by atoms with Crippen LogP contribution in [0.5, 0.6) is 5.75 Å². The smallest absolute Gasteiger partial charge is 0.235 e. The summed E-state index contributed by atoms with van der Waals surface area (Å²) in [4.78, 5) is 5.04. The van der Waals surface area contributed by atoms with Gasteiger partial charge >= 0.3 is 0 Å². The summed E-state index contributed by atoms with van der Waals surface area (Å²) in [5.74, 6) is 1.48. The molecule has 0 aliphatic rings. The number of fused-ring (bicyclic) bond motifs is 1. The minimum atomic E-state index is 0.644. The topological polar surface area (TPSA) is 65.2 Å². The third-order valence-corrected chi connectivity index (χ3v) is 4.30. The summed E-state index contributed by atoms with van der Waals surface area (Å²) >= 11 is 1.48. The SMILES string of the molecule is COc1ccc(C=Cc2nn3c(-c4ccccn4)nnc3s2)cc1. The summed E-state index contributed by atoms with van der Waals surface area (Å²) < 4.78 is 6.88. The Kier molecular flexibility index (Phi) is 3.76. The van der Waals surface area contributed by atoms with Gasteiger partial charge < -0.3 is 4.74 Å². The van der Waals surface area contributed by atoms with Gasteiger partial charge in [0, 0.05) is 6.20 Å². The van der Waals surface area contributed by atoms with Crippen LogP contribution in [0.4, 0.5) is 0 Å². The summed E-state index contributed by atoms with van der Waals surface area (Å²) in [7, 11) is 1.66. The van der Waals surface area contributed by atoms with E-state index in [1.165, 1.54) is 11.3 Å². The van der Waals surface area contributed by atoms with Gasteiger partial charge in [0.15, 0.2) is 0 Å². The van der Waals surface area contributed by atoms with E-state index in [-0.39, 0.29) is 0 Å². The molecule has 3 heterocycles. The number of hydrogen-bond donors (Lipinski definition) is 0. The molecule has 4 rings (SSSR count). The van der Waals surface area contributed by atoms with Crippen LogP contribution in [0.2, 0.25) is 0 Å². The minimum Gasteiger partial charge on any atom is -0.497 e. The molecule has 1 aromatic carbocycles. The molecule has 0 aliphatic carbocycles. The number of ether oxygens (including phenoxy) is 1. The van der Waals surface area contributed by atoms with Crippen molar-refractivity contribution < 1.29 is 4.74 Å². The highest BCUT2D eigenvalue weighted by atomic mass is 32.1. The Morgan fingerprint density at radius 1 is 1.04 bits per heavy atom. The van der Waals surface area contributed by atoms with E-state index < -0.39 is 0 Å². The molecule has 3 aromatic heterocycles. The van der Waals surface area contributed by atoms with Crippen LogP contribution in [-0.4, -0.2) is 31.9 Å². The van der Waals surface area contributed by atoms with Gasteiger partial charge in [0.2, 0.25) is 10.8 Å². The van der Waals surface area contributed by atoms with Gasteiger partial charge in [-0.25, -0.2) is 0 Å². The first-order valence-electron chi connectivity index (χ1n) is 7.29. The van der Waals surface area contributed by atoms with Crippen LogP contribution in [0.25, 0.3) is 28.6 Å². The van der Waals surface area contributed by atoms with Crippen LogP contribution in [0.3, 0.4) is 0 Å². The van der Waals surface area contributed by atoms with Crippen molar-refractivity contribution in [2.75, 3.05) is 7.11 Å². The summed E-state index contributed by atoms with van der Waals surface area (Å²) in [5, 5.41) is 13.7. The van der Waals surface area contributed by atoms with Crippen molar-refractivity contribution >= 4 is 28.4 Å². The minimum absolute atomic E-state index is 0.644. The zero-order valence-electron chi connectivity index (χ0n) is 12.8. The number of benzene rings is 1. The molecule has 0 N–H and O–H groups in total. The monoisotopic (exact) mass is 335 g/mol. The Morgan fingerprint density at radius 2 is 1.92 bits per heavy atom. The largest absolute Gasteiger partial charge is 0.497 e. The van der Waals surface area contributed by atoms with Crippen molar-refractivity contribution in [2.24, 2.45) is 0 Å². The maximum Gasteiger partial charge on any atom is 0.235 e. The molecule has 24 heavy (non-hydrogen) atoms. The van der Waals surface area contributed by atoms with Crippen LogP contribution >= 0.6 is 11.3 Å². The quantitative estimate of drug-likeness (QED) is 0.572. The summed E-state index contributed by atoms with van der Waals surface area (Å²) in [6.07, 6.45) is 5.70. The Hall–Kier alpha value is -3.06. The van der Waals surface area contributed by atoms with Gasteiger partial charge in [0.1, 0.15) is 16.5 Å². The second-order valence-electron chi connectivity index (χ2n) is 4.98. The molecule has 4 aromatic rings. The van der Waals surface area contributed by atoms with E-state index in [4.69, 9.17) is 4.74 Å². The zero-order chi connectivity index (χ0) is 16.4. The first-order valence-corrected chi connectivity index (χ1v) is 8.11. The lowest BCUT2D eigenvalue weighted by molar-refractivity contribution is 0.415. The molecule has 0 saturated carbocycles. The molecule has 0 fully saturated rings. The fraction of sp³-hybridized carbons (Fsp3) is 0.0588. The Morgan fingerprint density at radius 3 is 2.67 bits per heavy atom. The van der Waals surface area contributed by atoms with Crippen molar-refractivity contribution in [3.63, 3.8) is 0 Å². The first kappa shape index (κ1) is 14.5. The molecule has 0 aliphatic heterocycles. The average Bonchev–Trinajstić information content (AvgIpc) is 3.21. The lowest BCUT2D eigenvalue weighted by Crippen LogP contribution is -1.92. The fourth-order valence-corrected chi connectivity index (χ4v) is 2.98. The van der Waals surface area contributed by atoms with Gasteiger partial charge in [-0.05, 0) is 35.9 Å². The predicted octanol–water partition coefficient (Wildman–Crippen LogP) is 3.43. The summed E-state index contributed by atoms with van der Waals surface area (Å²) in [5.41, 5.74) is 1.83. The lowest BCUT2D eigenvalue weighted by Gasteiger charge is -1.98. The zero-order valence-corrected chi connectivity index (χ0v) is 13.6. The molecule has 0 spiro atoms. The highest BCUT2D eigenvalue weighted by Gasteiger charge is 2.12. The second-order valence-corrected chi connectivity index (χ2v) is 5.97. The Labute approximate surface area is 142 Å². The molecule has 0 radical (unpaired) electrons. The number of pyridine rings is 1. The molecular formula is C17H13N5OS. The lowest BCUT2D eigenvalue weighted by atomic mass is 10.2. The molecule has 0 amide bonds. The third-order valence-electron chi connectivity index (χ3n) is 3.43. The average molecular weight is 335 g/mol. The van der Waals surface area contributed by atoms with E-state index >= 15 is 0 Å². The molecule has 0 bridgehead atoms. The van der Waals surface area contributed by atoms with Gasteiger partial charge in [-0.1, -0.05) is 35.6 Å². The highest BCUT2D eigenvalue weighted by Crippen LogP contribution is 2.21. The van der Waals surface area contributed by atoms with Crippen LogP contribution in [0.15, 0.2) is 48.7 Å². The van der Waals surface area contributed by atoms with Gasteiger partial charge in [0.05, 0.1) is 7.11 Å². The van der Waals surface area contributed by atoms with E-state index in [9.17, 15) is 0 Å². The molecule has 118 valence electrons. The number of aromatic nitrogens is 5. The highest BCUT2D eigenvalue weighted by molar-refractivity contribution is 7.17. The van der Waals surface area contributed by atoms with Crippen LogP contribution < -0.4 is 4.74 Å². The summed E-state index contributed by atoms with van der Waals surface area (Å²) in [6, 6.07) is 13.5. The van der Waals surface area contributed by atoms with Gasteiger partial charge in [0.25, 0.3) is 0 Å². The molecule has 7 heteroatoms. The van der Waals surface area contributed by atoms with Gasteiger partial charge in [-0.2, -0.15) is 9.61 Å². The van der Waals surface area contributed by atoms with E-state index in [0.29, 0.717) is 5.82 Å². The molecule has 0 saturated heterocycles. The van der Waals surface area contributed by atoms with Crippen LogP contribution in [0, 0.1) is 0 Å². The van der Waals surface area contributed by atoms with E-state index in [1.54, 1.807) is 17.8 Å². The Balaban J connectivity index is 1.63. The normalized spacial score (nSPS) is 11.4. The van der Waals surface area contributed by atoms with E-state index in [0.717, 1.165) is 27.0 Å². The van der Waals surface area contributed by atoms with E-state index in [1.807, 2.05) is 54.6 Å². The predicted molar refractivity (Wildman–Crippen MR) is 93.8 cm³/mol. The van der Waals surface area contributed by atoms with Crippen molar-refractivity contribution in [2.45, 2.75) is 0 Å². The van der Waals surface area contributed by atoms with Crippen molar-refractivity contribution in [1.82, 2.24) is 24.8 Å². The molecule has 0 unspecified atom stereocenters. The Bertz CT molecular complexity index is 989. The van der Waals surface area contributed by atoms with Gasteiger partial charge in [-0.15, -0.1) is 10.2 Å². The van der Waals surface area contributed by atoms with Crippen LogP contribution in [0.1, 0.15) is 10.6 Å². The van der Waals surface area contributed by atoms with Crippen molar-refractivity contribution in [3.8, 4) is 17.3 Å². The standard InChI is InChI=1S/C17H13N5OS/c1-23-13-8-5-12(6-9-13)7-10-15-21-22-16(19-20-17(22)24-15)14-4-2-3-11-18-14/h2-11H,1H3. The summed E-state index contributed by atoms with van der Waals surface area (Å²) in [6.45, 7) is 0. The molecule has 0 atom stereocenters. The second kappa shape index (κ2) is 6.21. The molecule has 6 nitrogen and oxygen atoms in total. The number of methoxy groups -OCH3 is 1. The van der Waals surface area contributed by atoms with Crippen molar-refractivity contribution in [3.05, 3.63) is 59.2 Å². The van der Waals surface area contributed by atoms with Crippen molar-refractivity contribution in [1.29, 1.82) is 0 Å². The molecular weight excluding hydrogens is 322 g/mol. The first-order chi connectivity index (χ1) is 11.8. The number of nitrogens with zero attached hydrogens (tertiary/aromatic N) is 5. The maximum absolute atomic E-state index is 5.16. The van der Waals surface area contributed by atoms with Gasteiger partial charge in [-0.3, -0.25) is 4.98 Å².